The Morgan fingerprint density at radius 3 is 1.69 bits per heavy atom. The van der Waals surface area contributed by atoms with Crippen molar-refractivity contribution in [2.75, 3.05) is 47.9 Å². The number of rotatable bonds is 18. The fourth-order valence-corrected chi connectivity index (χ4v) is 5.49. The molecule has 3 heterocycles. The smallest absolute Gasteiger partial charge is 0.407 e. The first-order valence-electron chi connectivity index (χ1n) is 19.6. The number of imidazole rings is 2. The summed E-state index contributed by atoms with van der Waals surface area (Å²) >= 11 is 0. The van der Waals surface area contributed by atoms with Gasteiger partial charge in [0.15, 0.2) is 23.0 Å². The van der Waals surface area contributed by atoms with Gasteiger partial charge in [-0.15, -0.1) is 0 Å². The number of unbranched alkanes of at least 4 members (excludes halogenated alkanes) is 2. The number of nitrogens with one attached hydrogen (secondary N) is 6. The monoisotopic (exact) mass is 806 g/mol. The van der Waals surface area contributed by atoms with Gasteiger partial charge in [-0.2, -0.15) is 0 Å². The number of H-pyrrole nitrogens is 2. The molecule has 0 spiro atoms. The van der Waals surface area contributed by atoms with Crippen molar-refractivity contribution in [3.8, 4) is 45.5 Å². The molecule has 2 amide bonds. The van der Waals surface area contributed by atoms with Crippen molar-refractivity contribution < 1.29 is 38.1 Å². The molecular formula is C42H62N8O8. The van der Waals surface area contributed by atoms with Gasteiger partial charge in [-0.3, -0.25) is 9.59 Å². The number of fused-ring (bicyclic) bond motifs is 2. The zero-order valence-electron chi connectivity index (χ0n) is 35.2. The molecule has 16 heteroatoms. The van der Waals surface area contributed by atoms with Crippen LogP contribution in [0, 0.1) is 5.92 Å². The maximum absolute atomic E-state index is 12.3. The molecule has 0 saturated carbocycles. The van der Waals surface area contributed by atoms with Crippen LogP contribution in [0.25, 0.3) is 22.5 Å². The molecule has 16 nitrogen and oxygen atoms in total. The molecule has 318 valence electrons. The second-order valence-corrected chi connectivity index (χ2v) is 13.4. The number of ether oxygens (including phenoxy) is 4. The minimum atomic E-state index is -0.586. The van der Waals surface area contributed by atoms with E-state index in [1.807, 2.05) is 76.7 Å². The Bertz CT molecular complexity index is 1810. The minimum absolute atomic E-state index is 0.00662. The standard InChI is InChI=1S/C33H43N7O3.C4H7NO3.C3H8.C2H4O2/c1-21(2)32(35-4)33(41)36-16-8-6-10-31-38-20-25(40-31)23-12-14-27-29(18-23)43-26-13-11-22(17-28(26)42-27)24-19-37-30(39-24)9-5-7-15-34-3;1-8-4(7)5-2-3-6;1-3-2;1-4-2-3/h11-14,17-21,32,34-35H,5-10,15-16H2,1-4H3,(H,36,41)(H,37,39)(H,38,40);3H,2H2,1H3,(H,5,7);3H2,1-2H3;2H,1H3/t32-;;;/m0.../s1. The van der Waals surface area contributed by atoms with Crippen molar-refractivity contribution in [3.05, 3.63) is 60.4 Å². The van der Waals surface area contributed by atoms with Gasteiger partial charge in [0.25, 0.3) is 6.47 Å². The van der Waals surface area contributed by atoms with Crippen LogP contribution in [0.5, 0.6) is 23.0 Å². The third-order valence-electron chi connectivity index (χ3n) is 8.31. The highest BCUT2D eigenvalue weighted by Gasteiger charge is 2.21. The molecule has 1 aliphatic heterocycles. The SMILES string of the molecule is CCC.CNCCCCc1ncc(-c2ccc3c(c2)Oc2ccc(-c4cnc(CCCCNC(=O)[C@@H](NC)C(C)C)[nH]4)cc2O3)[nH]1.COC(=O)NCC=O.COC=O. The first kappa shape index (κ1) is 48.4. The lowest BCUT2D eigenvalue weighted by Gasteiger charge is -2.21. The quantitative estimate of drug-likeness (QED) is 0.0424. The van der Waals surface area contributed by atoms with Crippen molar-refractivity contribution >= 4 is 24.8 Å². The van der Waals surface area contributed by atoms with Crippen LogP contribution in [0.2, 0.25) is 0 Å². The average Bonchev–Trinajstić information content (AvgIpc) is 3.91. The predicted octanol–water partition coefficient (Wildman–Crippen LogP) is 6.34. The molecule has 0 bridgehead atoms. The summed E-state index contributed by atoms with van der Waals surface area (Å²) in [5, 5.41) is 11.4. The number of aryl methyl sites for hydroxylation is 2. The zero-order valence-corrected chi connectivity index (χ0v) is 35.2. The number of aldehydes is 1. The maximum Gasteiger partial charge on any atom is 0.407 e. The lowest BCUT2D eigenvalue weighted by molar-refractivity contribution is -0.126. The van der Waals surface area contributed by atoms with E-state index < -0.39 is 6.09 Å². The van der Waals surface area contributed by atoms with E-state index in [0.29, 0.717) is 42.3 Å². The molecule has 58 heavy (non-hydrogen) atoms. The number of amides is 2. The first-order chi connectivity index (χ1) is 28.1. The molecule has 4 aromatic rings. The Hall–Kier alpha value is -5.74. The summed E-state index contributed by atoms with van der Waals surface area (Å²) in [5.41, 5.74) is 3.86. The van der Waals surface area contributed by atoms with Crippen LogP contribution in [-0.4, -0.2) is 98.7 Å². The fourth-order valence-electron chi connectivity index (χ4n) is 5.49. The van der Waals surface area contributed by atoms with Crippen LogP contribution < -0.4 is 30.7 Å². The number of methoxy groups -OCH3 is 2. The van der Waals surface area contributed by atoms with Crippen LogP contribution in [0.4, 0.5) is 4.79 Å². The number of benzene rings is 2. The van der Waals surface area contributed by atoms with E-state index in [1.165, 1.54) is 20.6 Å². The van der Waals surface area contributed by atoms with Gasteiger partial charge in [0, 0.05) is 30.5 Å². The number of nitrogens with zero attached hydrogens (tertiary/aromatic N) is 2. The van der Waals surface area contributed by atoms with Gasteiger partial charge in [0.2, 0.25) is 5.91 Å². The molecular weight excluding hydrogens is 745 g/mol. The van der Waals surface area contributed by atoms with Crippen LogP contribution in [0.1, 0.15) is 71.4 Å². The Morgan fingerprint density at radius 2 is 1.28 bits per heavy atom. The normalized spacial score (nSPS) is 11.2. The molecule has 6 N–H and O–H groups in total. The van der Waals surface area contributed by atoms with Gasteiger partial charge in [0.1, 0.15) is 17.9 Å². The number of aromatic amines is 2. The summed E-state index contributed by atoms with van der Waals surface area (Å²) in [7, 11) is 6.34. The zero-order chi connectivity index (χ0) is 42.7. The minimum Gasteiger partial charge on any atom is -0.471 e. The predicted molar refractivity (Wildman–Crippen MR) is 224 cm³/mol. The summed E-state index contributed by atoms with van der Waals surface area (Å²) in [6.07, 6.45) is 10.7. The lowest BCUT2D eigenvalue weighted by atomic mass is 10.0. The lowest BCUT2D eigenvalue weighted by Crippen LogP contribution is -2.46. The number of carbonyl (C=O) groups excluding carboxylic acids is 4. The van der Waals surface area contributed by atoms with E-state index in [-0.39, 0.29) is 24.4 Å². The average molecular weight is 807 g/mol. The van der Waals surface area contributed by atoms with Crippen molar-refractivity contribution in [3.63, 3.8) is 0 Å². The highest BCUT2D eigenvalue weighted by Crippen LogP contribution is 2.47. The Balaban J connectivity index is 0.000000662. The summed E-state index contributed by atoms with van der Waals surface area (Å²) < 4.78 is 20.5. The number of likely N-dealkylation sites (N-methyl/N-ethyl adjacent to an activating group) is 1. The molecule has 5 rings (SSSR count). The van der Waals surface area contributed by atoms with Crippen LogP contribution in [0.15, 0.2) is 48.8 Å². The van der Waals surface area contributed by atoms with Crippen LogP contribution in [-0.2, 0) is 36.7 Å². The molecule has 2 aromatic heterocycles. The molecule has 0 fully saturated rings. The molecule has 1 atom stereocenters. The molecule has 0 aliphatic carbocycles. The first-order valence-corrected chi connectivity index (χ1v) is 19.6. The Kier molecular flexibility index (Phi) is 23.2. The van der Waals surface area contributed by atoms with Crippen LogP contribution in [0.3, 0.4) is 0 Å². The van der Waals surface area contributed by atoms with E-state index >= 15 is 0 Å². The van der Waals surface area contributed by atoms with Gasteiger partial charge in [-0.1, -0.05) is 34.1 Å². The number of hydrogen-bond donors (Lipinski definition) is 6. The van der Waals surface area contributed by atoms with E-state index in [0.717, 1.165) is 79.2 Å². The molecule has 0 saturated heterocycles. The maximum atomic E-state index is 12.3. The Morgan fingerprint density at radius 1 is 0.776 bits per heavy atom. The molecule has 0 unspecified atom stereocenters. The third kappa shape index (κ3) is 16.8. The van der Waals surface area contributed by atoms with Gasteiger partial charge in [-0.25, -0.2) is 14.8 Å². The molecule has 2 aromatic carbocycles. The number of alkyl carbamates (subject to hydrolysis) is 1. The molecule has 1 aliphatic rings. The number of aromatic nitrogens is 4. The van der Waals surface area contributed by atoms with E-state index in [1.54, 1.807) is 0 Å². The van der Waals surface area contributed by atoms with Gasteiger partial charge in [-0.05, 0) is 88.6 Å². The summed E-state index contributed by atoms with van der Waals surface area (Å²) in [4.78, 5) is 56.8. The van der Waals surface area contributed by atoms with E-state index in [2.05, 4.69) is 64.5 Å². The number of hydrogen-bond acceptors (Lipinski definition) is 12. The van der Waals surface area contributed by atoms with Gasteiger partial charge < -0.3 is 55.0 Å². The van der Waals surface area contributed by atoms with E-state index in [9.17, 15) is 14.4 Å². The largest absolute Gasteiger partial charge is 0.471 e. The van der Waals surface area contributed by atoms with Crippen molar-refractivity contribution in [1.82, 2.24) is 41.2 Å². The summed E-state index contributed by atoms with van der Waals surface area (Å²) in [6.45, 7) is 10.4. The van der Waals surface area contributed by atoms with Crippen molar-refractivity contribution in [2.45, 2.75) is 78.7 Å². The fraction of sp³-hybridized carbons (Fsp3) is 0.476. The summed E-state index contributed by atoms with van der Waals surface area (Å²) in [5.74, 6) is 4.90. The van der Waals surface area contributed by atoms with E-state index in [4.69, 9.17) is 14.3 Å². The Labute approximate surface area is 342 Å². The highest BCUT2D eigenvalue weighted by molar-refractivity contribution is 5.81. The van der Waals surface area contributed by atoms with Crippen LogP contribution >= 0.6 is 0 Å². The highest BCUT2D eigenvalue weighted by atomic mass is 16.6. The second-order valence-electron chi connectivity index (χ2n) is 13.4. The van der Waals surface area contributed by atoms with Gasteiger partial charge in [0.05, 0.1) is 50.6 Å². The molecule has 0 radical (unpaired) electrons. The van der Waals surface area contributed by atoms with Gasteiger partial charge >= 0.3 is 6.09 Å². The number of carbonyl (C=O) groups is 4. The topological polar surface area (TPSA) is 211 Å². The third-order valence-corrected chi connectivity index (χ3v) is 8.31. The second kappa shape index (κ2) is 27.8. The van der Waals surface area contributed by atoms with Crippen molar-refractivity contribution in [2.24, 2.45) is 5.92 Å². The van der Waals surface area contributed by atoms with Crippen molar-refractivity contribution in [1.29, 1.82) is 0 Å². The summed E-state index contributed by atoms with van der Waals surface area (Å²) in [6, 6.07) is 11.7.